The summed E-state index contributed by atoms with van der Waals surface area (Å²) in [7, 11) is -9.40. The Morgan fingerprint density at radius 1 is 1.00 bits per heavy atom. The molecule has 0 aliphatic rings. The Hall–Kier alpha value is 1.01. The van der Waals surface area contributed by atoms with E-state index in [1.807, 2.05) is 0 Å². The zero-order valence-corrected chi connectivity index (χ0v) is 8.55. The monoisotopic (exact) mass is 206 g/mol. The first kappa shape index (κ1) is 18.7. The molecule has 0 amide bonds. The summed E-state index contributed by atoms with van der Waals surface area (Å²) in [6.07, 6.45) is 0. The summed E-state index contributed by atoms with van der Waals surface area (Å²) < 4.78 is 53.9. The summed E-state index contributed by atoms with van der Waals surface area (Å²) in [5, 5.41) is 0. The minimum absolute atomic E-state index is 0. The minimum Gasteiger partial charge on any atom is -1.00 e. The largest absolute Gasteiger partial charge is 1.00 e. The maximum absolute atomic E-state index is 9.99. The Morgan fingerprint density at radius 2 is 1.17 bits per heavy atom. The van der Waals surface area contributed by atoms with E-state index >= 15 is 0 Å². The average Bonchev–Trinajstić information content (AvgIpc) is 1.59. The van der Waals surface area contributed by atoms with Crippen LogP contribution >= 0.6 is 0 Å². The van der Waals surface area contributed by atoms with E-state index < -0.39 is 24.8 Å². The van der Waals surface area contributed by atoms with Crippen LogP contribution in [0.5, 0.6) is 0 Å². The first-order valence-corrected chi connectivity index (χ1v) is 5.09. The predicted octanol–water partition coefficient (Wildman–Crippen LogP) is -6.66. The average molecular weight is 206 g/mol. The molecule has 66 valence electrons. The van der Waals surface area contributed by atoms with Crippen LogP contribution in [0.2, 0.25) is 0 Å². The van der Waals surface area contributed by atoms with E-state index in [1.54, 1.807) is 0 Å². The van der Waals surface area contributed by atoms with Crippen LogP contribution < -0.4 is 37.7 Å². The number of hydrogen-bond acceptors (Lipinski definition) is 4. The van der Waals surface area contributed by atoms with Crippen LogP contribution in [0, 0.1) is 0 Å². The summed E-state index contributed by atoms with van der Waals surface area (Å²) in [6, 6.07) is 0. The fraction of sp³-hybridized carbons (Fsp3) is 1.00. The van der Waals surface area contributed by atoms with Crippen LogP contribution in [0.3, 0.4) is 0 Å². The van der Waals surface area contributed by atoms with Gasteiger partial charge in [-0.2, -0.15) is 16.8 Å². The molecular weight excluding hydrogens is 198 g/mol. The third-order valence-corrected chi connectivity index (χ3v) is 3.98. The molecule has 0 aromatic rings. The maximum Gasteiger partial charge on any atom is 1.00 e. The summed E-state index contributed by atoms with van der Waals surface area (Å²) in [6.45, 7) is 0.657. The van der Waals surface area contributed by atoms with Crippen molar-refractivity contribution in [3.05, 3.63) is 0 Å². The second-order valence-corrected chi connectivity index (χ2v) is 5.37. The molecular formula is C2H8Li2O6S2. The van der Waals surface area contributed by atoms with Crippen molar-refractivity contribution in [3.8, 4) is 0 Å². The second-order valence-electron chi connectivity index (χ2n) is 1.60. The Labute approximate surface area is 97.9 Å². The summed E-state index contributed by atoms with van der Waals surface area (Å²) >= 11 is 0. The van der Waals surface area contributed by atoms with Crippen molar-refractivity contribution in [2.45, 2.75) is 11.5 Å². The molecule has 0 radical (unpaired) electrons. The van der Waals surface area contributed by atoms with Crippen LogP contribution in [0.25, 0.3) is 0 Å². The van der Waals surface area contributed by atoms with Gasteiger partial charge < -0.3 is 2.85 Å². The van der Waals surface area contributed by atoms with Crippen LogP contribution in [-0.2, 0) is 20.2 Å². The number of rotatable bonds is 2. The zero-order valence-electron chi connectivity index (χ0n) is 8.92. The van der Waals surface area contributed by atoms with Gasteiger partial charge in [-0.3, -0.25) is 9.11 Å². The Balaban J connectivity index is -0.0000000675. The molecule has 0 aliphatic carbocycles. The van der Waals surface area contributed by atoms with Gasteiger partial charge in [-0.1, -0.05) is 0 Å². The van der Waals surface area contributed by atoms with E-state index in [0.29, 0.717) is 6.92 Å². The predicted molar refractivity (Wildman–Crippen MR) is 34.8 cm³/mol. The molecule has 2 N–H and O–H groups in total. The van der Waals surface area contributed by atoms with E-state index in [9.17, 15) is 16.8 Å². The molecule has 0 heterocycles. The van der Waals surface area contributed by atoms with Crippen molar-refractivity contribution < 1.29 is 66.5 Å². The SMILES string of the molecule is CC(S(=O)(=O)O)S(=O)(=O)O.[H-].[H-].[Li+].[Li+]. The quantitative estimate of drug-likeness (QED) is 0.343. The first-order valence-electron chi connectivity index (χ1n) is 2.08. The molecule has 0 rings (SSSR count). The van der Waals surface area contributed by atoms with Gasteiger partial charge in [-0.25, -0.2) is 0 Å². The molecule has 12 heavy (non-hydrogen) atoms. The van der Waals surface area contributed by atoms with Crippen molar-refractivity contribution in [3.63, 3.8) is 0 Å². The maximum atomic E-state index is 9.99. The Morgan fingerprint density at radius 3 is 1.17 bits per heavy atom. The summed E-state index contributed by atoms with van der Waals surface area (Å²) in [4.78, 5) is 0. The molecule has 0 aromatic carbocycles. The van der Waals surface area contributed by atoms with Crippen LogP contribution in [0.4, 0.5) is 0 Å². The van der Waals surface area contributed by atoms with E-state index in [1.165, 1.54) is 0 Å². The van der Waals surface area contributed by atoms with Gasteiger partial charge in [0.05, 0.1) is 0 Å². The fourth-order valence-corrected chi connectivity index (χ4v) is 1.38. The molecule has 0 saturated heterocycles. The van der Waals surface area contributed by atoms with Gasteiger partial charge in [0.25, 0.3) is 20.2 Å². The van der Waals surface area contributed by atoms with Crippen molar-refractivity contribution >= 4 is 20.2 Å². The summed E-state index contributed by atoms with van der Waals surface area (Å²) in [5.41, 5.74) is 0. The normalized spacial score (nSPS) is 11.7. The van der Waals surface area contributed by atoms with E-state index in [2.05, 4.69) is 0 Å². The van der Waals surface area contributed by atoms with E-state index in [4.69, 9.17) is 9.11 Å². The van der Waals surface area contributed by atoms with Crippen molar-refractivity contribution in [1.29, 1.82) is 0 Å². The molecule has 0 aliphatic heterocycles. The van der Waals surface area contributed by atoms with Crippen LogP contribution in [0.15, 0.2) is 0 Å². The number of hydrogen-bond donors (Lipinski definition) is 2. The van der Waals surface area contributed by atoms with Gasteiger partial charge in [-0.15, -0.1) is 0 Å². The van der Waals surface area contributed by atoms with Gasteiger partial charge in [-0.05, 0) is 6.92 Å². The van der Waals surface area contributed by atoms with Gasteiger partial charge in [0, 0.05) is 0 Å². The van der Waals surface area contributed by atoms with Crippen molar-refractivity contribution in [2.75, 3.05) is 0 Å². The standard InChI is InChI=1S/C2H6O6S2.2Li.2H/c1-2(9(3,4)5)10(6,7)8;;;;/h2H,1H3,(H,3,4,5)(H,6,7,8);;;;/q;2*+1;2*-1. The van der Waals surface area contributed by atoms with Crippen molar-refractivity contribution in [1.82, 2.24) is 0 Å². The van der Waals surface area contributed by atoms with Crippen LogP contribution in [0.1, 0.15) is 9.78 Å². The van der Waals surface area contributed by atoms with Gasteiger partial charge in [0.15, 0.2) is 0 Å². The van der Waals surface area contributed by atoms with Gasteiger partial charge >= 0.3 is 37.7 Å². The summed E-state index contributed by atoms with van der Waals surface area (Å²) in [5.74, 6) is 0. The molecule has 0 saturated carbocycles. The zero-order chi connectivity index (χ0) is 8.58. The molecule has 0 bridgehead atoms. The topological polar surface area (TPSA) is 109 Å². The molecule has 6 nitrogen and oxygen atoms in total. The minimum atomic E-state index is -4.70. The van der Waals surface area contributed by atoms with E-state index in [-0.39, 0.29) is 40.6 Å². The van der Waals surface area contributed by atoms with Crippen molar-refractivity contribution in [2.24, 2.45) is 0 Å². The second kappa shape index (κ2) is 5.68. The van der Waals surface area contributed by atoms with Gasteiger partial charge in [0.1, 0.15) is 0 Å². The molecule has 0 spiro atoms. The molecule has 0 aromatic heterocycles. The first-order chi connectivity index (χ1) is 4.15. The van der Waals surface area contributed by atoms with E-state index in [0.717, 1.165) is 0 Å². The third-order valence-electron chi connectivity index (χ3n) is 0.839. The van der Waals surface area contributed by atoms with Crippen LogP contribution in [-0.4, -0.2) is 30.5 Å². The molecule has 0 unspecified atom stereocenters. The molecule has 10 heteroatoms. The smallest absolute Gasteiger partial charge is 1.00 e. The Bertz CT molecular complexity index is 279. The molecule has 0 fully saturated rings. The third kappa shape index (κ3) is 6.52. The molecule has 0 atom stereocenters. The fourth-order valence-electron chi connectivity index (χ4n) is 0.154. The van der Waals surface area contributed by atoms with Gasteiger partial charge in [0.2, 0.25) is 4.58 Å². The Kier molecular flexibility index (Phi) is 8.87.